The quantitative estimate of drug-likeness (QED) is 0.123. The van der Waals surface area contributed by atoms with Crippen LogP contribution in [-0.4, -0.2) is 79.0 Å². The number of aliphatic carboxylic acids is 2. The maximum absolute atomic E-state index is 13.5. The van der Waals surface area contributed by atoms with E-state index in [0.29, 0.717) is 17.7 Å². The highest BCUT2D eigenvalue weighted by Crippen LogP contribution is 2.20. The highest BCUT2D eigenvalue weighted by atomic mass is 16.4. The number of carboxylic acids is 2. The van der Waals surface area contributed by atoms with Gasteiger partial charge in [0.25, 0.3) is 0 Å². The summed E-state index contributed by atoms with van der Waals surface area (Å²) in [5.74, 6) is -5.22. The average Bonchev–Trinajstić information content (AvgIpc) is 3.59. The number of aromatic nitrogens is 3. The van der Waals surface area contributed by atoms with Crippen LogP contribution in [0.2, 0.25) is 0 Å². The Morgan fingerprint density at radius 3 is 2.24 bits per heavy atom. The molecule has 3 rings (SSSR count). The third kappa shape index (κ3) is 8.38. The molecule has 0 radical (unpaired) electrons. The monoisotopic (exact) mass is 569 g/mol. The van der Waals surface area contributed by atoms with Gasteiger partial charge in [0.2, 0.25) is 17.7 Å². The number of hydrogen-bond donors (Lipinski definition) is 8. The molecule has 0 saturated heterocycles. The van der Waals surface area contributed by atoms with Gasteiger partial charge in [0.05, 0.1) is 18.8 Å². The summed E-state index contributed by atoms with van der Waals surface area (Å²) in [6.45, 7) is 3.50. The molecular weight excluding hydrogens is 534 g/mol. The van der Waals surface area contributed by atoms with Gasteiger partial charge in [-0.1, -0.05) is 38.5 Å². The Hall–Kier alpha value is -4.72. The van der Waals surface area contributed by atoms with E-state index in [0.717, 1.165) is 10.9 Å². The van der Waals surface area contributed by atoms with E-state index in [1.807, 2.05) is 24.3 Å². The van der Waals surface area contributed by atoms with Crippen molar-refractivity contribution < 1.29 is 34.2 Å². The topological polar surface area (TPSA) is 232 Å². The van der Waals surface area contributed by atoms with E-state index < -0.39 is 60.2 Å². The number of carbonyl (C=O) groups excluding carboxylic acids is 3. The first-order valence-corrected chi connectivity index (χ1v) is 13.1. The lowest BCUT2D eigenvalue weighted by atomic mass is 9.97. The number of carboxylic acid groups (broad SMARTS) is 2. The average molecular weight is 570 g/mol. The molecule has 2 aromatic heterocycles. The first kappa shape index (κ1) is 30.8. The van der Waals surface area contributed by atoms with Crippen LogP contribution in [0.3, 0.4) is 0 Å². The second-order valence-corrected chi connectivity index (χ2v) is 9.88. The van der Waals surface area contributed by atoms with Gasteiger partial charge < -0.3 is 41.9 Å². The van der Waals surface area contributed by atoms with Gasteiger partial charge in [0, 0.05) is 41.8 Å². The fraction of sp³-hybridized carbons (Fsp3) is 0.407. The van der Waals surface area contributed by atoms with Crippen LogP contribution in [0, 0.1) is 5.92 Å². The smallest absolute Gasteiger partial charge is 0.326 e. The molecule has 41 heavy (non-hydrogen) atoms. The van der Waals surface area contributed by atoms with Crippen LogP contribution in [0.25, 0.3) is 10.9 Å². The van der Waals surface area contributed by atoms with Crippen LogP contribution in [0.5, 0.6) is 0 Å². The lowest BCUT2D eigenvalue weighted by molar-refractivity contribution is -0.143. The molecule has 2 heterocycles. The van der Waals surface area contributed by atoms with Crippen LogP contribution in [0.4, 0.5) is 0 Å². The molecule has 0 aliphatic carbocycles. The summed E-state index contributed by atoms with van der Waals surface area (Å²) in [6.07, 6.45) is 4.32. The number of hydrogen-bond acceptors (Lipinski definition) is 7. The highest BCUT2D eigenvalue weighted by molar-refractivity contribution is 5.95. The predicted molar refractivity (Wildman–Crippen MR) is 147 cm³/mol. The Balaban J connectivity index is 1.89. The largest absolute Gasteiger partial charge is 0.481 e. The molecule has 1 aromatic carbocycles. The van der Waals surface area contributed by atoms with Crippen molar-refractivity contribution in [3.63, 3.8) is 0 Å². The number of H-pyrrole nitrogens is 2. The number of benzene rings is 1. The lowest BCUT2D eigenvalue weighted by Gasteiger charge is -2.26. The molecule has 0 saturated carbocycles. The van der Waals surface area contributed by atoms with E-state index in [1.165, 1.54) is 12.5 Å². The van der Waals surface area contributed by atoms with Crippen molar-refractivity contribution in [1.29, 1.82) is 0 Å². The van der Waals surface area contributed by atoms with E-state index in [1.54, 1.807) is 20.0 Å². The Labute approximate surface area is 235 Å². The fourth-order valence-corrected chi connectivity index (χ4v) is 4.32. The number of carbonyl (C=O) groups is 5. The summed E-state index contributed by atoms with van der Waals surface area (Å²) in [6, 6.07) is 2.29. The van der Waals surface area contributed by atoms with E-state index >= 15 is 0 Å². The summed E-state index contributed by atoms with van der Waals surface area (Å²) in [4.78, 5) is 72.4. The summed E-state index contributed by atoms with van der Waals surface area (Å²) < 4.78 is 0. The van der Waals surface area contributed by atoms with Gasteiger partial charge in [-0.3, -0.25) is 19.2 Å². The van der Waals surface area contributed by atoms with Gasteiger partial charge in [-0.15, -0.1) is 0 Å². The predicted octanol–water partition coefficient (Wildman–Crippen LogP) is 0.0633. The zero-order valence-corrected chi connectivity index (χ0v) is 22.7. The summed E-state index contributed by atoms with van der Waals surface area (Å²) >= 11 is 0. The molecule has 220 valence electrons. The van der Waals surface area contributed by atoms with Crippen molar-refractivity contribution in [2.75, 3.05) is 0 Å². The van der Waals surface area contributed by atoms with Gasteiger partial charge in [0.15, 0.2) is 0 Å². The van der Waals surface area contributed by atoms with Crippen LogP contribution < -0.4 is 21.7 Å². The number of nitrogens with two attached hydrogens (primary N) is 1. The summed E-state index contributed by atoms with van der Waals surface area (Å²) in [7, 11) is 0. The van der Waals surface area contributed by atoms with Crippen molar-refractivity contribution in [2.45, 2.75) is 63.7 Å². The maximum atomic E-state index is 13.5. The van der Waals surface area contributed by atoms with Crippen molar-refractivity contribution >= 4 is 40.6 Å². The van der Waals surface area contributed by atoms with Gasteiger partial charge in [-0.05, 0) is 17.5 Å². The minimum absolute atomic E-state index is 0.0116. The first-order chi connectivity index (χ1) is 19.5. The fourth-order valence-electron chi connectivity index (χ4n) is 4.32. The summed E-state index contributed by atoms with van der Waals surface area (Å²) in [5.41, 5.74) is 7.69. The van der Waals surface area contributed by atoms with Crippen molar-refractivity contribution in [2.24, 2.45) is 11.7 Å². The molecular formula is C27H35N7O7. The second-order valence-electron chi connectivity index (χ2n) is 9.88. The minimum Gasteiger partial charge on any atom is -0.481 e. The van der Waals surface area contributed by atoms with Crippen molar-refractivity contribution in [3.8, 4) is 0 Å². The first-order valence-electron chi connectivity index (χ1n) is 13.1. The molecule has 14 heteroatoms. The van der Waals surface area contributed by atoms with Crippen molar-refractivity contribution in [3.05, 3.63) is 54.2 Å². The lowest BCUT2D eigenvalue weighted by Crippen LogP contribution is -2.58. The van der Waals surface area contributed by atoms with Gasteiger partial charge >= 0.3 is 11.9 Å². The summed E-state index contributed by atoms with van der Waals surface area (Å²) in [5, 5.41) is 27.2. The molecule has 14 nitrogen and oxygen atoms in total. The molecule has 3 aromatic rings. The van der Waals surface area contributed by atoms with E-state index in [2.05, 4.69) is 30.9 Å². The van der Waals surface area contributed by atoms with Crippen LogP contribution in [-0.2, 0) is 36.8 Å². The van der Waals surface area contributed by atoms with E-state index in [9.17, 15) is 29.1 Å². The van der Waals surface area contributed by atoms with Gasteiger partial charge in [-0.25, -0.2) is 9.78 Å². The Morgan fingerprint density at radius 2 is 1.61 bits per heavy atom. The molecule has 5 unspecified atom stereocenters. The molecule has 0 bridgehead atoms. The molecule has 0 fully saturated rings. The molecule has 0 aliphatic heterocycles. The minimum atomic E-state index is -1.42. The number of para-hydroxylation sites is 1. The van der Waals surface area contributed by atoms with Gasteiger partial charge in [0.1, 0.15) is 18.1 Å². The maximum Gasteiger partial charge on any atom is 0.326 e. The zero-order valence-electron chi connectivity index (χ0n) is 22.7. The molecule has 5 atom stereocenters. The third-order valence-corrected chi connectivity index (χ3v) is 6.85. The van der Waals surface area contributed by atoms with Crippen LogP contribution >= 0.6 is 0 Å². The normalized spacial score (nSPS) is 14.8. The highest BCUT2D eigenvalue weighted by Gasteiger charge is 2.33. The Bertz CT molecular complexity index is 1370. The SMILES string of the molecule is CCC(C)C(NC(=O)C(Cc1c[nH]c2ccccc12)NC(=O)C(Cc1cnc[nH]1)NC(=O)C(N)CC(=O)O)C(=O)O. The second kappa shape index (κ2) is 14.1. The number of aromatic amines is 2. The number of nitrogens with zero attached hydrogens (tertiary/aromatic N) is 1. The molecule has 0 aliphatic rings. The van der Waals surface area contributed by atoms with E-state index in [4.69, 9.17) is 10.8 Å². The van der Waals surface area contributed by atoms with Crippen molar-refractivity contribution in [1.82, 2.24) is 30.9 Å². The van der Waals surface area contributed by atoms with E-state index in [-0.39, 0.29) is 18.8 Å². The molecule has 9 N–H and O–H groups in total. The standard InChI is InChI=1S/C27H35N7O7/c1-3-14(2)23(27(40)41)34-26(39)20(8-15-11-30-19-7-5-4-6-17(15)19)33-25(38)21(9-16-12-29-13-31-16)32-24(37)18(28)10-22(35)36/h4-7,11-14,18,20-21,23,30H,3,8-10,28H2,1-2H3,(H,29,31)(H,32,37)(H,33,38)(H,34,39)(H,35,36)(H,40,41). The number of fused-ring (bicyclic) bond motifs is 1. The van der Waals surface area contributed by atoms with Crippen LogP contribution in [0.1, 0.15) is 37.9 Å². The number of amides is 3. The molecule has 3 amide bonds. The number of nitrogens with one attached hydrogen (secondary N) is 5. The number of rotatable bonds is 15. The number of imidazole rings is 1. The Morgan fingerprint density at radius 1 is 0.951 bits per heavy atom. The van der Waals surface area contributed by atoms with Crippen LogP contribution in [0.15, 0.2) is 43.0 Å². The Kier molecular flexibility index (Phi) is 10.6. The zero-order chi connectivity index (χ0) is 30.1. The van der Waals surface area contributed by atoms with Gasteiger partial charge in [-0.2, -0.15) is 0 Å². The third-order valence-electron chi connectivity index (χ3n) is 6.85. The molecule has 0 spiro atoms.